The first-order valence-corrected chi connectivity index (χ1v) is 6.78. The van der Waals surface area contributed by atoms with Crippen molar-refractivity contribution in [3.05, 3.63) is 17.8 Å². The van der Waals surface area contributed by atoms with Crippen LogP contribution in [0.3, 0.4) is 0 Å². The molecule has 6 heteroatoms. The molecule has 2 rings (SSSR count). The topological polar surface area (TPSA) is 97.1 Å². The summed E-state index contributed by atoms with van der Waals surface area (Å²) in [6.07, 6.45) is 3.11. The molecule has 0 spiro atoms. The molecule has 0 radical (unpaired) electrons. The molecule has 108 valence electrons. The van der Waals surface area contributed by atoms with E-state index in [4.69, 9.17) is 5.73 Å². The quantitative estimate of drug-likeness (QED) is 0.712. The molecule has 2 atom stereocenters. The summed E-state index contributed by atoms with van der Waals surface area (Å²) in [6.45, 7) is 4.69. The van der Waals surface area contributed by atoms with Gasteiger partial charge in [0.25, 0.3) is 5.91 Å². The van der Waals surface area contributed by atoms with Gasteiger partial charge in [-0.15, -0.1) is 0 Å². The molecule has 1 fully saturated rings. The number of aryl methyl sites for hydroxylation is 1. The Balaban J connectivity index is 1.97. The highest BCUT2D eigenvalue weighted by Crippen LogP contribution is 2.16. The van der Waals surface area contributed by atoms with Gasteiger partial charge in [0.1, 0.15) is 5.82 Å². The van der Waals surface area contributed by atoms with Gasteiger partial charge in [-0.3, -0.25) is 9.59 Å². The number of anilines is 2. The van der Waals surface area contributed by atoms with E-state index in [1.807, 2.05) is 0 Å². The van der Waals surface area contributed by atoms with E-state index in [1.54, 1.807) is 13.0 Å². The monoisotopic (exact) mass is 276 g/mol. The third kappa shape index (κ3) is 3.33. The van der Waals surface area contributed by atoms with Gasteiger partial charge in [-0.2, -0.15) is 0 Å². The fraction of sp³-hybridized carbons (Fsp3) is 0.500. The summed E-state index contributed by atoms with van der Waals surface area (Å²) in [5.74, 6) is -0.0716. The number of ketones is 1. The van der Waals surface area contributed by atoms with Crippen molar-refractivity contribution in [3.8, 4) is 0 Å². The molecule has 1 amide bonds. The standard InChI is InChI=1S/C14H20N4O2/c1-8-3-4-11(16-6-8)12(19)14(20)18-10-5-9(2)13(15)17-7-10/h5,7-8,11,16H,3-4,6H2,1-2H3,(H2,15,17)(H,18,20)/t8?,11-/m1/s1. The average molecular weight is 276 g/mol. The molecule has 1 unspecified atom stereocenters. The number of Topliss-reactive ketones (excluding diaryl/α,β-unsaturated/α-hetero) is 1. The van der Waals surface area contributed by atoms with Gasteiger partial charge < -0.3 is 16.4 Å². The van der Waals surface area contributed by atoms with Crippen LogP contribution in [0.2, 0.25) is 0 Å². The number of nitrogens with zero attached hydrogens (tertiary/aromatic N) is 1. The number of amides is 1. The minimum Gasteiger partial charge on any atom is -0.383 e. The van der Waals surface area contributed by atoms with Crippen LogP contribution in [0.5, 0.6) is 0 Å². The zero-order valence-corrected chi connectivity index (χ0v) is 11.8. The molecule has 0 aromatic carbocycles. The molecule has 4 N–H and O–H groups in total. The molecule has 1 aromatic rings. The number of aromatic nitrogens is 1. The lowest BCUT2D eigenvalue weighted by Crippen LogP contribution is -2.47. The summed E-state index contributed by atoms with van der Waals surface area (Å²) in [4.78, 5) is 27.9. The maximum atomic E-state index is 12.0. The summed E-state index contributed by atoms with van der Waals surface area (Å²) in [5.41, 5.74) is 6.86. The van der Waals surface area contributed by atoms with Gasteiger partial charge in [0.15, 0.2) is 0 Å². The van der Waals surface area contributed by atoms with E-state index in [2.05, 4.69) is 22.5 Å². The summed E-state index contributed by atoms with van der Waals surface area (Å²) < 4.78 is 0. The molecule has 0 aliphatic carbocycles. The normalized spacial score (nSPS) is 22.3. The van der Waals surface area contributed by atoms with E-state index >= 15 is 0 Å². The molecule has 1 saturated heterocycles. The van der Waals surface area contributed by atoms with E-state index in [0.29, 0.717) is 23.8 Å². The second kappa shape index (κ2) is 6.00. The molecule has 2 heterocycles. The number of hydrogen-bond acceptors (Lipinski definition) is 5. The molecule has 1 aliphatic heterocycles. The van der Waals surface area contributed by atoms with Crippen LogP contribution in [0, 0.1) is 12.8 Å². The van der Waals surface area contributed by atoms with Gasteiger partial charge in [0.2, 0.25) is 5.78 Å². The molecule has 6 nitrogen and oxygen atoms in total. The van der Waals surface area contributed by atoms with Gasteiger partial charge in [-0.25, -0.2) is 4.98 Å². The van der Waals surface area contributed by atoms with Crippen molar-refractivity contribution < 1.29 is 9.59 Å². The molecule has 0 saturated carbocycles. The summed E-state index contributed by atoms with van der Waals surface area (Å²) in [7, 11) is 0. The van der Waals surface area contributed by atoms with Crippen molar-refractivity contribution >= 4 is 23.2 Å². The predicted octanol–water partition coefficient (Wildman–Crippen LogP) is 0.868. The average Bonchev–Trinajstić information content (AvgIpc) is 2.43. The van der Waals surface area contributed by atoms with E-state index < -0.39 is 11.7 Å². The second-order valence-electron chi connectivity index (χ2n) is 5.39. The minimum atomic E-state index is -0.608. The van der Waals surface area contributed by atoms with Crippen LogP contribution in [0.1, 0.15) is 25.3 Å². The number of nitrogen functional groups attached to an aromatic ring is 1. The van der Waals surface area contributed by atoms with Crippen LogP contribution in [-0.2, 0) is 9.59 Å². The van der Waals surface area contributed by atoms with Crippen LogP contribution < -0.4 is 16.4 Å². The lowest BCUT2D eigenvalue weighted by Gasteiger charge is -2.26. The number of carbonyl (C=O) groups is 2. The van der Waals surface area contributed by atoms with Crippen LogP contribution in [0.25, 0.3) is 0 Å². The first-order chi connectivity index (χ1) is 9.47. The Morgan fingerprint density at radius 1 is 1.45 bits per heavy atom. The zero-order valence-electron chi connectivity index (χ0n) is 11.8. The minimum absolute atomic E-state index is 0.381. The largest absolute Gasteiger partial charge is 0.383 e. The highest BCUT2D eigenvalue weighted by Gasteiger charge is 2.28. The van der Waals surface area contributed by atoms with Gasteiger partial charge in [0.05, 0.1) is 17.9 Å². The van der Waals surface area contributed by atoms with Crippen LogP contribution in [0.4, 0.5) is 11.5 Å². The van der Waals surface area contributed by atoms with Crippen molar-refractivity contribution in [1.29, 1.82) is 0 Å². The number of piperidine rings is 1. The fourth-order valence-corrected chi connectivity index (χ4v) is 2.23. The Morgan fingerprint density at radius 2 is 2.20 bits per heavy atom. The Bertz CT molecular complexity index is 522. The zero-order chi connectivity index (χ0) is 14.7. The van der Waals surface area contributed by atoms with Crippen molar-refractivity contribution in [1.82, 2.24) is 10.3 Å². The molecule has 1 aromatic heterocycles. The number of nitrogens with one attached hydrogen (secondary N) is 2. The Kier molecular flexibility index (Phi) is 4.34. The lowest BCUT2D eigenvalue weighted by molar-refractivity contribution is -0.136. The van der Waals surface area contributed by atoms with Crippen LogP contribution in [0.15, 0.2) is 12.3 Å². The van der Waals surface area contributed by atoms with Crippen LogP contribution >= 0.6 is 0 Å². The number of carbonyl (C=O) groups excluding carboxylic acids is 2. The first kappa shape index (κ1) is 14.5. The first-order valence-electron chi connectivity index (χ1n) is 6.78. The van der Waals surface area contributed by atoms with E-state index in [1.165, 1.54) is 6.20 Å². The maximum Gasteiger partial charge on any atom is 0.293 e. The van der Waals surface area contributed by atoms with Crippen molar-refractivity contribution in [2.45, 2.75) is 32.7 Å². The van der Waals surface area contributed by atoms with Crippen molar-refractivity contribution in [2.75, 3.05) is 17.6 Å². The molecular formula is C14H20N4O2. The number of nitrogens with two attached hydrogens (primary N) is 1. The van der Waals surface area contributed by atoms with Gasteiger partial charge >= 0.3 is 0 Å². The molecule has 20 heavy (non-hydrogen) atoms. The number of hydrogen-bond donors (Lipinski definition) is 3. The number of pyridine rings is 1. The number of rotatable bonds is 3. The highest BCUT2D eigenvalue weighted by atomic mass is 16.2. The Morgan fingerprint density at radius 3 is 2.80 bits per heavy atom. The molecule has 0 bridgehead atoms. The highest BCUT2D eigenvalue weighted by molar-refractivity contribution is 6.42. The molecular weight excluding hydrogens is 256 g/mol. The fourth-order valence-electron chi connectivity index (χ4n) is 2.23. The van der Waals surface area contributed by atoms with Crippen molar-refractivity contribution in [2.24, 2.45) is 5.92 Å². The maximum absolute atomic E-state index is 12.0. The Hall–Kier alpha value is -1.95. The van der Waals surface area contributed by atoms with E-state index in [-0.39, 0.29) is 6.04 Å². The van der Waals surface area contributed by atoms with E-state index in [0.717, 1.165) is 18.5 Å². The lowest BCUT2D eigenvalue weighted by atomic mass is 9.94. The van der Waals surface area contributed by atoms with Crippen molar-refractivity contribution in [3.63, 3.8) is 0 Å². The Labute approximate surface area is 118 Å². The SMILES string of the molecule is Cc1cc(NC(=O)C(=O)[C@H]2CCC(C)CN2)cnc1N. The van der Waals surface area contributed by atoms with Gasteiger partial charge in [0, 0.05) is 0 Å². The van der Waals surface area contributed by atoms with Crippen LogP contribution in [-0.4, -0.2) is 29.3 Å². The van der Waals surface area contributed by atoms with Gasteiger partial charge in [-0.05, 0) is 43.9 Å². The van der Waals surface area contributed by atoms with E-state index in [9.17, 15) is 9.59 Å². The predicted molar refractivity (Wildman–Crippen MR) is 77.2 cm³/mol. The third-order valence-electron chi connectivity index (χ3n) is 3.58. The molecule has 1 aliphatic rings. The third-order valence-corrected chi connectivity index (χ3v) is 3.58. The summed E-state index contributed by atoms with van der Waals surface area (Å²) in [5, 5.41) is 5.68. The smallest absolute Gasteiger partial charge is 0.293 e. The second-order valence-corrected chi connectivity index (χ2v) is 5.39. The summed E-state index contributed by atoms with van der Waals surface area (Å²) in [6, 6.07) is 1.32. The summed E-state index contributed by atoms with van der Waals surface area (Å²) >= 11 is 0. The van der Waals surface area contributed by atoms with Gasteiger partial charge in [-0.1, -0.05) is 6.92 Å².